The van der Waals surface area contributed by atoms with E-state index < -0.39 is 0 Å². The summed E-state index contributed by atoms with van der Waals surface area (Å²) in [6.07, 6.45) is 6.11. The van der Waals surface area contributed by atoms with E-state index in [1.807, 2.05) is 40.5 Å². The molecule has 0 spiro atoms. The van der Waals surface area contributed by atoms with E-state index >= 15 is 0 Å². The van der Waals surface area contributed by atoms with Crippen LogP contribution in [0, 0.1) is 25.7 Å². The summed E-state index contributed by atoms with van der Waals surface area (Å²) in [6.45, 7) is 13.4. The Morgan fingerprint density at radius 3 is 0.619 bits per heavy atom. The maximum absolute atomic E-state index is 9.98. The third-order valence-electron chi connectivity index (χ3n) is 0.813. The Kier molecular flexibility index (Phi) is 42.1. The molecule has 0 bridgehead atoms. The molecule has 120 valence electrons. The largest absolute Gasteiger partial charge is 4.00 e. The number of ketones is 4. The molecular weight excluding hydrogens is 304 g/mol. The average Bonchev–Trinajstić information content (AvgIpc) is 2.15. The van der Waals surface area contributed by atoms with Gasteiger partial charge in [-0.05, 0) is 27.7 Å². The van der Waals surface area contributed by atoms with Gasteiger partial charge in [-0.2, -0.15) is 27.7 Å². The molecule has 0 saturated heterocycles. The van der Waals surface area contributed by atoms with Crippen molar-refractivity contribution < 1.29 is 40.9 Å². The maximum atomic E-state index is 9.98. The summed E-state index contributed by atoms with van der Waals surface area (Å²) in [6, 6.07) is 0. The van der Waals surface area contributed by atoms with Crippen LogP contribution in [0.25, 0.3) is 0 Å². The molecule has 0 aliphatic carbocycles. The molecule has 0 amide bonds. The minimum Gasteiger partial charge on any atom is -0.335 e. The zero-order valence-electron chi connectivity index (χ0n) is 14.4. The summed E-state index contributed by atoms with van der Waals surface area (Å²) >= 11 is 0. The van der Waals surface area contributed by atoms with E-state index in [1.54, 1.807) is 0 Å². The van der Waals surface area contributed by atoms with Crippen LogP contribution in [-0.2, 0) is 40.9 Å². The van der Waals surface area contributed by atoms with Crippen molar-refractivity contribution in [2.75, 3.05) is 0 Å². The van der Waals surface area contributed by atoms with Crippen LogP contribution in [0.5, 0.6) is 0 Å². The predicted molar refractivity (Wildman–Crippen MR) is 82.6 cm³/mol. The van der Waals surface area contributed by atoms with Crippen molar-refractivity contribution in [3.8, 4) is 0 Å². The van der Waals surface area contributed by atoms with Crippen LogP contribution in [0.15, 0.2) is 0 Å². The summed E-state index contributed by atoms with van der Waals surface area (Å²) < 4.78 is 0. The van der Waals surface area contributed by atoms with Crippen LogP contribution in [0.4, 0.5) is 0 Å². The Morgan fingerprint density at radius 2 is 0.619 bits per heavy atom. The zero-order valence-corrected chi connectivity index (χ0v) is 16.0. The van der Waals surface area contributed by atoms with Crippen LogP contribution >= 0.6 is 0 Å². The first-order valence-corrected chi connectivity index (χ1v) is 6.28. The van der Waals surface area contributed by atoms with Gasteiger partial charge in [0, 0.05) is 23.1 Å². The van der Waals surface area contributed by atoms with E-state index in [2.05, 4.69) is 0 Å². The molecule has 21 heavy (non-hydrogen) atoms. The molecule has 0 atom stereocenters. The van der Waals surface area contributed by atoms with E-state index in [4.69, 9.17) is 0 Å². The minimum atomic E-state index is -0.187. The number of rotatable bonds is 4. The number of carbonyl (C=O) groups is 4. The Morgan fingerprint density at radius 1 is 0.524 bits per heavy atom. The van der Waals surface area contributed by atoms with Crippen LogP contribution in [0.1, 0.15) is 55.4 Å². The van der Waals surface area contributed by atoms with Crippen LogP contribution in [0.3, 0.4) is 0 Å². The molecule has 0 aromatic heterocycles. The standard InChI is InChI=1S/2C5H7O2.2C3H7.Ti/c2*1-4(6)3-5(2)7;2*1-3-2;/h2*3H,1-2H3;2*3H,1-2H3;/q4*-1;+4. The number of hydrogen-bond donors (Lipinski definition) is 0. The van der Waals surface area contributed by atoms with E-state index in [0.717, 1.165) is 12.8 Å². The molecule has 4 nitrogen and oxygen atoms in total. The van der Waals surface area contributed by atoms with Crippen LogP contribution in [0.2, 0.25) is 0 Å². The van der Waals surface area contributed by atoms with Gasteiger partial charge in [-0.1, -0.05) is 0 Å². The molecule has 5 heteroatoms. The van der Waals surface area contributed by atoms with Gasteiger partial charge < -0.3 is 32.0 Å². The van der Waals surface area contributed by atoms with Gasteiger partial charge in [0.25, 0.3) is 0 Å². The van der Waals surface area contributed by atoms with Crippen LogP contribution < -0.4 is 0 Å². The van der Waals surface area contributed by atoms with Gasteiger partial charge >= 0.3 is 21.7 Å². The van der Waals surface area contributed by atoms with Crippen molar-refractivity contribution in [2.45, 2.75) is 55.4 Å². The molecule has 0 aromatic carbocycles. The van der Waals surface area contributed by atoms with Gasteiger partial charge in [-0.3, -0.25) is 12.8 Å². The Balaban J connectivity index is -0.0000000576. The van der Waals surface area contributed by atoms with Crippen molar-refractivity contribution in [3.05, 3.63) is 25.7 Å². The molecule has 0 fully saturated rings. The predicted octanol–water partition coefficient (Wildman–Crippen LogP) is 3.20. The summed E-state index contributed by atoms with van der Waals surface area (Å²) in [7, 11) is 0. The van der Waals surface area contributed by atoms with Gasteiger partial charge in [0.15, 0.2) is 0 Å². The van der Waals surface area contributed by atoms with Gasteiger partial charge in [0.1, 0.15) is 0 Å². The third kappa shape index (κ3) is 110. The molecule has 0 aromatic rings. The molecule has 0 rings (SSSR count). The number of hydrogen-bond acceptors (Lipinski definition) is 4. The van der Waals surface area contributed by atoms with Gasteiger partial charge in [-0.25, -0.2) is 0 Å². The molecule has 0 aliphatic heterocycles. The minimum absolute atomic E-state index is 0. The van der Waals surface area contributed by atoms with Crippen molar-refractivity contribution >= 4 is 23.1 Å². The van der Waals surface area contributed by atoms with Crippen molar-refractivity contribution in [1.29, 1.82) is 0 Å². The molecule has 0 saturated carbocycles. The molecule has 0 heterocycles. The smallest absolute Gasteiger partial charge is 0.335 e. The Labute approximate surface area is 145 Å². The van der Waals surface area contributed by atoms with E-state index in [-0.39, 0.29) is 44.9 Å². The second-order valence-corrected chi connectivity index (χ2v) is 3.89. The first-order valence-electron chi connectivity index (χ1n) is 6.28. The van der Waals surface area contributed by atoms with Gasteiger partial charge in [0.05, 0.1) is 0 Å². The number of Topliss-reactive ketones (excluding diaryl/α,β-unsaturated/α-hetero) is 4. The summed E-state index contributed by atoms with van der Waals surface area (Å²) in [4.78, 5) is 39.9. The van der Waals surface area contributed by atoms with Crippen molar-refractivity contribution in [2.24, 2.45) is 0 Å². The van der Waals surface area contributed by atoms with Gasteiger partial charge in [-0.15, -0.1) is 0 Å². The summed E-state index contributed by atoms with van der Waals surface area (Å²) in [5.74, 6) is -0.750. The molecule has 0 unspecified atom stereocenters. The quantitative estimate of drug-likeness (QED) is 0.450. The normalized spacial score (nSPS) is 6.86. The molecular formula is C16H28O4Ti. The van der Waals surface area contributed by atoms with Gasteiger partial charge in [0.2, 0.25) is 0 Å². The zero-order chi connectivity index (χ0) is 17.1. The summed E-state index contributed by atoms with van der Waals surface area (Å²) in [5.41, 5.74) is 0. The first-order chi connectivity index (χ1) is 9.08. The fourth-order valence-corrected chi connectivity index (χ4v) is 0.572. The Bertz CT molecular complexity index is 221. The SMILES string of the molecule is CC(=O)[CH-]C(C)=O.CC(=O)[CH-]C(C)=O.C[CH-]C.C[CH-]C.[Ti+4]. The van der Waals surface area contributed by atoms with Crippen molar-refractivity contribution in [3.63, 3.8) is 0 Å². The van der Waals surface area contributed by atoms with Crippen LogP contribution in [-0.4, -0.2) is 23.1 Å². The van der Waals surface area contributed by atoms with E-state index in [1.165, 1.54) is 27.7 Å². The average molecular weight is 332 g/mol. The topological polar surface area (TPSA) is 68.3 Å². The van der Waals surface area contributed by atoms with E-state index in [9.17, 15) is 19.2 Å². The number of carbonyl (C=O) groups excluding carboxylic acids is 4. The fourth-order valence-electron chi connectivity index (χ4n) is 0.572. The maximum Gasteiger partial charge on any atom is 4.00 e. The second kappa shape index (κ2) is 27.5. The second-order valence-electron chi connectivity index (χ2n) is 3.89. The third-order valence-corrected chi connectivity index (χ3v) is 0.813. The fraction of sp³-hybridized carbons (Fsp3) is 0.500. The summed E-state index contributed by atoms with van der Waals surface area (Å²) in [5, 5.41) is 0. The molecule has 0 radical (unpaired) electrons. The Hall–Kier alpha value is -0.866. The first kappa shape index (κ1) is 32.2. The monoisotopic (exact) mass is 332 g/mol. The molecule has 0 aliphatic rings. The van der Waals surface area contributed by atoms with Crippen molar-refractivity contribution in [1.82, 2.24) is 0 Å². The molecule has 0 N–H and O–H groups in total. The van der Waals surface area contributed by atoms with E-state index in [0.29, 0.717) is 0 Å².